The second-order valence-corrected chi connectivity index (χ2v) is 3.35. The number of hydrogen-bond acceptors (Lipinski definition) is 2. The van der Waals surface area contributed by atoms with Gasteiger partial charge in [0.1, 0.15) is 5.82 Å². The molecule has 2 atom stereocenters. The van der Waals surface area contributed by atoms with Crippen LogP contribution in [0.3, 0.4) is 0 Å². The zero-order valence-corrected chi connectivity index (χ0v) is 8.07. The van der Waals surface area contributed by atoms with Gasteiger partial charge in [0.2, 0.25) is 0 Å². The molecule has 0 aromatic carbocycles. The van der Waals surface area contributed by atoms with Gasteiger partial charge in [0.15, 0.2) is 0 Å². The molecular weight excluding hydrogens is 185 g/mol. The van der Waals surface area contributed by atoms with E-state index >= 15 is 0 Å². The Balaban J connectivity index is 2.89. The van der Waals surface area contributed by atoms with Gasteiger partial charge in [0.25, 0.3) is 0 Å². The van der Waals surface area contributed by atoms with Crippen molar-refractivity contribution in [2.75, 3.05) is 0 Å². The first kappa shape index (κ1) is 10.6. The molecule has 0 amide bonds. The third-order valence-corrected chi connectivity index (χ3v) is 2.39. The third kappa shape index (κ3) is 2.28. The van der Waals surface area contributed by atoms with Crippen LogP contribution in [-0.4, -0.2) is 16.1 Å². The lowest BCUT2D eigenvalue weighted by Crippen LogP contribution is -2.16. The molecule has 0 aliphatic rings. The zero-order valence-electron chi connectivity index (χ0n) is 8.07. The Bertz CT molecular complexity index is 341. The van der Waals surface area contributed by atoms with Crippen LogP contribution in [0.1, 0.15) is 25.3 Å². The summed E-state index contributed by atoms with van der Waals surface area (Å²) in [5, 5.41) is 8.77. The lowest BCUT2D eigenvalue weighted by Gasteiger charge is -2.15. The van der Waals surface area contributed by atoms with E-state index in [0.29, 0.717) is 5.56 Å². The Hall–Kier alpha value is -1.45. The molecule has 2 unspecified atom stereocenters. The van der Waals surface area contributed by atoms with Gasteiger partial charge in [-0.2, -0.15) is 0 Å². The molecule has 4 heteroatoms. The Kier molecular flexibility index (Phi) is 3.17. The van der Waals surface area contributed by atoms with E-state index in [0.717, 1.165) is 6.20 Å². The fourth-order valence-corrected chi connectivity index (χ4v) is 1.18. The predicted octanol–water partition coefficient (Wildman–Crippen LogP) is 2.04. The van der Waals surface area contributed by atoms with E-state index in [1.165, 1.54) is 12.3 Å². The maximum absolute atomic E-state index is 12.8. The summed E-state index contributed by atoms with van der Waals surface area (Å²) in [6, 6.07) is 1.32. The topological polar surface area (TPSA) is 50.2 Å². The smallest absolute Gasteiger partial charge is 0.306 e. The molecule has 76 valence electrons. The van der Waals surface area contributed by atoms with Crippen molar-refractivity contribution in [3.63, 3.8) is 0 Å². The number of hydrogen-bond donors (Lipinski definition) is 1. The summed E-state index contributed by atoms with van der Waals surface area (Å²) in [5.74, 6) is -2.11. The van der Waals surface area contributed by atoms with Crippen molar-refractivity contribution in [2.45, 2.75) is 19.8 Å². The summed E-state index contributed by atoms with van der Waals surface area (Å²) in [7, 11) is 0. The summed E-state index contributed by atoms with van der Waals surface area (Å²) in [5.41, 5.74) is 0.611. The number of carboxylic acid groups (broad SMARTS) is 1. The van der Waals surface area contributed by atoms with E-state index in [9.17, 15) is 9.18 Å². The minimum atomic E-state index is -0.887. The van der Waals surface area contributed by atoms with Crippen LogP contribution in [0, 0.1) is 11.7 Å². The molecule has 0 fully saturated rings. The lowest BCUT2D eigenvalue weighted by molar-refractivity contribution is -0.141. The van der Waals surface area contributed by atoms with Gasteiger partial charge in [-0.3, -0.25) is 9.78 Å². The van der Waals surface area contributed by atoms with Crippen LogP contribution in [-0.2, 0) is 4.79 Å². The van der Waals surface area contributed by atoms with Gasteiger partial charge in [-0.05, 0) is 17.5 Å². The molecule has 0 aliphatic carbocycles. The molecule has 14 heavy (non-hydrogen) atoms. The van der Waals surface area contributed by atoms with Crippen LogP contribution in [0.2, 0.25) is 0 Å². The first-order valence-electron chi connectivity index (χ1n) is 4.35. The minimum absolute atomic E-state index is 0.240. The number of aliphatic carboxylic acids is 1. The van der Waals surface area contributed by atoms with E-state index in [1.54, 1.807) is 13.8 Å². The van der Waals surface area contributed by atoms with E-state index in [1.807, 2.05) is 0 Å². The number of halogens is 1. The highest BCUT2D eigenvalue weighted by Gasteiger charge is 2.21. The van der Waals surface area contributed by atoms with Gasteiger partial charge in [-0.25, -0.2) is 4.39 Å². The molecule has 1 aromatic heterocycles. The monoisotopic (exact) mass is 197 g/mol. The van der Waals surface area contributed by atoms with Crippen molar-refractivity contribution in [1.82, 2.24) is 4.98 Å². The normalized spacial score (nSPS) is 14.8. The fourth-order valence-electron chi connectivity index (χ4n) is 1.18. The molecular formula is C10H12FNO2. The van der Waals surface area contributed by atoms with Gasteiger partial charge in [-0.1, -0.05) is 13.8 Å². The first-order chi connectivity index (χ1) is 6.52. The van der Waals surface area contributed by atoms with Crippen LogP contribution in [0.5, 0.6) is 0 Å². The maximum atomic E-state index is 12.8. The Morgan fingerprint density at radius 3 is 2.64 bits per heavy atom. The Morgan fingerprint density at radius 1 is 1.50 bits per heavy atom. The molecule has 0 saturated carbocycles. The largest absolute Gasteiger partial charge is 0.481 e. The molecule has 0 bridgehead atoms. The second kappa shape index (κ2) is 4.17. The summed E-state index contributed by atoms with van der Waals surface area (Å²) in [6.45, 7) is 3.34. The number of rotatable bonds is 3. The van der Waals surface area contributed by atoms with Crippen molar-refractivity contribution in [3.05, 3.63) is 29.8 Å². The summed E-state index contributed by atoms with van der Waals surface area (Å²) in [6.07, 6.45) is 2.59. The number of pyridine rings is 1. The van der Waals surface area contributed by atoms with Crippen LogP contribution >= 0.6 is 0 Å². The van der Waals surface area contributed by atoms with E-state index in [2.05, 4.69) is 4.98 Å². The highest BCUT2D eigenvalue weighted by molar-refractivity contribution is 5.70. The van der Waals surface area contributed by atoms with Crippen LogP contribution < -0.4 is 0 Å². The average Bonchev–Trinajstić information content (AvgIpc) is 2.15. The van der Waals surface area contributed by atoms with E-state index < -0.39 is 17.7 Å². The van der Waals surface area contributed by atoms with Gasteiger partial charge in [0.05, 0.1) is 12.1 Å². The SMILES string of the molecule is CC(C(=O)O)C(C)c1cncc(F)c1. The standard InChI is InChI=1S/C10H12FNO2/c1-6(7(2)10(13)14)8-3-9(11)5-12-4-8/h3-7H,1-2H3,(H,13,14). The zero-order chi connectivity index (χ0) is 10.7. The molecule has 1 heterocycles. The van der Waals surface area contributed by atoms with Crippen molar-refractivity contribution in [2.24, 2.45) is 5.92 Å². The summed E-state index contributed by atoms with van der Waals surface area (Å²) < 4.78 is 12.8. The highest BCUT2D eigenvalue weighted by Crippen LogP contribution is 2.23. The van der Waals surface area contributed by atoms with Crippen molar-refractivity contribution < 1.29 is 14.3 Å². The van der Waals surface area contributed by atoms with Crippen molar-refractivity contribution >= 4 is 5.97 Å². The lowest BCUT2D eigenvalue weighted by atomic mass is 9.90. The number of nitrogens with zero attached hydrogens (tertiary/aromatic N) is 1. The molecule has 1 N–H and O–H groups in total. The van der Waals surface area contributed by atoms with Crippen molar-refractivity contribution in [1.29, 1.82) is 0 Å². The molecule has 1 aromatic rings. The second-order valence-electron chi connectivity index (χ2n) is 3.35. The van der Waals surface area contributed by atoms with Gasteiger partial charge in [-0.15, -0.1) is 0 Å². The molecule has 3 nitrogen and oxygen atoms in total. The molecule has 0 radical (unpaired) electrons. The van der Waals surface area contributed by atoms with E-state index in [-0.39, 0.29) is 5.92 Å². The van der Waals surface area contributed by atoms with Gasteiger partial charge < -0.3 is 5.11 Å². The van der Waals surface area contributed by atoms with Crippen molar-refractivity contribution in [3.8, 4) is 0 Å². The molecule has 0 saturated heterocycles. The highest BCUT2D eigenvalue weighted by atomic mass is 19.1. The maximum Gasteiger partial charge on any atom is 0.306 e. The first-order valence-corrected chi connectivity index (χ1v) is 4.35. The van der Waals surface area contributed by atoms with Crippen LogP contribution in [0.15, 0.2) is 18.5 Å². The van der Waals surface area contributed by atoms with Gasteiger partial charge in [0, 0.05) is 6.20 Å². The average molecular weight is 197 g/mol. The Morgan fingerprint density at radius 2 is 2.14 bits per heavy atom. The molecule has 0 spiro atoms. The number of aromatic nitrogens is 1. The quantitative estimate of drug-likeness (QED) is 0.806. The van der Waals surface area contributed by atoms with Crippen LogP contribution in [0.4, 0.5) is 4.39 Å². The fraction of sp³-hybridized carbons (Fsp3) is 0.400. The third-order valence-electron chi connectivity index (χ3n) is 2.39. The summed E-state index contributed by atoms with van der Waals surface area (Å²) >= 11 is 0. The van der Waals surface area contributed by atoms with Gasteiger partial charge >= 0.3 is 5.97 Å². The molecule has 0 aliphatic heterocycles. The summed E-state index contributed by atoms with van der Waals surface area (Å²) in [4.78, 5) is 14.4. The number of carbonyl (C=O) groups is 1. The van der Waals surface area contributed by atoms with E-state index in [4.69, 9.17) is 5.11 Å². The number of carboxylic acids is 1. The van der Waals surface area contributed by atoms with Crippen LogP contribution in [0.25, 0.3) is 0 Å². The predicted molar refractivity (Wildman–Crippen MR) is 49.4 cm³/mol. The molecule has 1 rings (SSSR count). The Labute approximate surface area is 81.6 Å². The minimum Gasteiger partial charge on any atom is -0.481 e.